The fourth-order valence-corrected chi connectivity index (χ4v) is 4.71. The highest BCUT2D eigenvalue weighted by atomic mass is 16.5. The number of para-hydroxylation sites is 3. The van der Waals surface area contributed by atoms with Crippen molar-refractivity contribution < 1.29 is 14.3 Å². The fraction of sp³-hybridized carbons (Fsp3) is 0.308. The van der Waals surface area contributed by atoms with Gasteiger partial charge in [0.15, 0.2) is 17.3 Å². The normalized spacial score (nSPS) is 14.5. The van der Waals surface area contributed by atoms with E-state index in [-0.39, 0.29) is 11.8 Å². The standard InChI is InChI=1S/C26H28N4O3/c1-32-23-11-5-7-19(24(23)33-2)17-27-26(31)18-12-15-29(16-13-18)25-22-10-6-14-30(22)21-9-4-3-8-20(21)28-25/h3-11,14,18H,12-13,15-17H2,1-2H3,(H,27,31). The van der Waals surface area contributed by atoms with Crippen molar-refractivity contribution in [3.05, 3.63) is 66.4 Å². The minimum Gasteiger partial charge on any atom is -0.493 e. The quantitative estimate of drug-likeness (QED) is 0.486. The lowest BCUT2D eigenvalue weighted by atomic mass is 9.95. The van der Waals surface area contributed by atoms with Crippen molar-refractivity contribution in [2.24, 2.45) is 5.92 Å². The summed E-state index contributed by atoms with van der Waals surface area (Å²) in [5.74, 6) is 2.38. The smallest absolute Gasteiger partial charge is 0.223 e. The highest BCUT2D eigenvalue weighted by Crippen LogP contribution is 2.31. The molecule has 1 aliphatic heterocycles. The third-order valence-corrected chi connectivity index (χ3v) is 6.45. The van der Waals surface area contributed by atoms with Crippen LogP contribution in [0.2, 0.25) is 0 Å². The molecule has 1 amide bonds. The number of benzene rings is 2. The fourth-order valence-electron chi connectivity index (χ4n) is 4.71. The van der Waals surface area contributed by atoms with E-state index in [9.17, 15) is 4.79 Å². The van der Waals surface area contributed by atoms with Gasteiger partial charge in [0.2, 0.25) is 5.91 Å². The number of amides is 1. The lowest BCUT2D eigenvalue weighted by molar-refractivity contribution is -0.125. The molecule has 1 saturated heterocycles. The predicted octanol–water partition coefficient (Wildman–Crippen LogP) is 4.04. The zero-order valence-corrected chi connectivity index (χ0v) is 19.0. The molecule has 0 bridgehead atoms. The Hall–Kier alpha value is -3.74. The number of anilines is 1. The number of nitrogens with one attached hydrogen (secondary N) is 1. The summed E-state index contributed by atoms with van der Waals surface area (Å²) < 4.78 is 13.0. The maximum absolute atomic E-state index is 12.9. The molecule has 5 rings (SSSR count). The number of ether oxygens (including phenoxy) is 2. The van der Waals surface area contributed by atoms with Crippen LogP contribution < -0.4 is 19.7 Å². The van der Waals surface area contributed by atoms with E-state index in [1.807, 2.05) is 36.4 Å². The molecule has 33 heavy (non-hydrogen) atoms. The van der Waals surface area contributed by atoms with Gasteiger partial charge >= 0.3 is 0 Å². The van der Waals surface area contributed by atoms with E-state index in [4.69, 9.17) is 14.5 Å². The first kappa shape index (κ1) is 21.1. The number of aromatic nitrogens is 2. The van der Waals surface area contributed by atoms with E-state index < -0.39 is 0 Å². The van der Waals surface area contributed by atoms with Gasteiger partial charge in [0.05, 0.1) is 30.8 Å². The van der Waals surface area contributed by atoms with Crippen molar-refractivity contribution >= 4 is 28.3 Å². The van der Waals surface area contributed by atoms with Gasteiger partial charge in [-0.15, -0.1) is 0 Å². The predicted molar refractivity (Wildman–Crippen MR) is 129 cm³/mol. The Kier molecular flexibility index (Phi) is 5.77. The van der Waals surface area contributed by atoms with E-state index in [2.05, 4.69) is 39.0 Å². The number of nitrogens with zero attached hydrogens (tertiary/aromatic N) is 3. The summed E-state index contributed by atoms with van der Waals surface area (Å²) >= 11 is 0. The summed E-state index contributed by atoms with van der Waals surface area (Å²) in [6.45, 7) is 2.01. The topological polar surface area (TPSA) is 68.1 Å². The SMILES string of the molecule is COc1cccc(CNC(=O)C2CCN(c3nc4ccccc4n4cccc34)CC2)c1OC. The molecule has 170 valence electrons. The van der Waals surface area contributed by atoms with Crippen LogP contribution in [0.4, 0.5) is 5.82 Å². The highest BCUT2D eigenvalue weighted by Gasteiger charge is 2.27. The summed E-state index contributed by atoms with van der Waals surface area (Å²) in [5.41, 5.74) is 4.08. The van der Waals surface area contributed by atoms with E-state index in [0.29, 0.717) is 18.0 Å². The molecule has 1 aliphatic rings. The van der Waals surface area contributed by atoms with Crippen molar-refractivity contribution in [2.45, 2.75) is 19.4 Å². The minimum absolute atomic E-state index is 0.0129. The van der Waals surface area contributed by atoms with E-state index in [1.54, 1.807) is 14.2 Å². The number of methoxy groups -OCH3 is 2. The monoisotopic (exact) mass is 444 g/mol. The average Bonchev–Trinajstić information content (AvgIpc) is 3.37. The number of hydrogen-bond acceptors (Lipinski definition) is 5. The second kappa shape index (κ2) is 9.02. The van der Waals surface area contributed by atoms with Gasteiger partial charge in [-0.3, -0.25) is 4.79 Å². The summed E-state index contributed by atoms with van der Waals surface area (Å²) in [4.78, 5) is 20.2. The van der Waals surface area contributed by atoms with Crippen molar-refractivity contribution in [2.75, 3.05) is 32.2 Å². The molecule has 0 radical (unpaired) electrons. The molecule has 7 nitrogen and oxygen atoms in total. The molecule has 0 aliphatic carbocycles. The number of fused-ring (bicyclic) bond motifs is 3. The van der Waals surface area contributed by atoms with E-state index >= 15 is 0 Å². The van der Waals surface area contributed by atoms with E-state index in [0.717, 1.165) is 53.9 Å². The molecule has 0 saturated carbocycles. The Balaban J connectivity index is 1.26. The van der Waals surface area contributed by atoms with Gasteiger partial charge in [0, 0.05) is 37.3 Å². The molecule has 1 N–H and O–H groups in total. The number of carbonyl (C=O) groups excluding carboxylic acids is 1. The van der Waals surface area contributed by atoms with E-state index in [1.165, 1.54) is 0 Å². The largest absolute Gasteiger partial charge is 0.493 e. The van der Waals surface area contributed by atoms with Crippen LogP contribution >= 0.6 is 0 Å². The summed E-state index contributed by atoms with van der Waals surface area (Å²) in [6, 6.07) is 18.0. The van der Waals surface area contributed by atoms with Crippen LogP contribution in [-0.4, -0.2) is 42.6 Å². The Morgan fingerprint density at radius 2 is 1.79 bits per heavy atom. The first-order chi connectivity index (χ1) is 16.2. The van der Waals surface area contributed by atoms with Gasteiger partial charge in [-0.25, -0.2) is 4.98 Å². The maximum atomic E-state index is 12.9. The van der Waals surface area contributed by atoms with Gasteiger partial charge in [-0.05, 0) is 43.2 Å². The van der Waals surface area contributed by atoms with Crippen LogP contribution in [0.1, 0.15) is 18.4 Å². The van der Waals surface area contributed by atoms with Gasteiger partial charge in [0.1, 0.15) is 0 Å². The lowest BCUT2D eigenvalue weighted by Gasteiger charge is -2.32. The van der Waals surface area contributed by atoms with Crippen LogP contribution in [0.3, 0.4) is 0 Å². The summed E-state index contributed by atoms with van der Waals surface area (Å²) in [5, 5.41) is 3.09. The van der Waals surface area contributed by atoms with Gasteiger partial charge in [-0.1, -0.05) is 24.3 Å². The van der Waals surface area contributed by atoms with Crippen LogP contribution in [0.5, 0.6) is 11.5 Å². The Morgan fingerprint density at radius 1 is 1.00 bits per heavy atom. The molecular formula is C26H28N4O3. The first-order valence-corrected chi connectivity index (χ1v) is 11.3. The number of hydrogen-bond donors (Lipinski definition) is 1. The Labute approximate surface area is 192 Å². The van der Waals surface area contributed by atoms with Crippen LogP contribution in [-0.2, 0) is 11.3 Å². The molecule has 2 aromatic carbocycles. The number of piperidine rings is 1. The molecule has 0 atom stereocenters. The molecule has 2 aromatic heterocycles. The highest BCUT2D eigenvalue weighted by molar-refractivity contribution is 5.85. The molecule has 4 aromatic rings. The zero-order chi connectivity index (χ0) is 22.8. The molecular weight excluding hydrogens is 416 g/mol. The van der Waals surface area contributed by atoms with Crippen molar-refractivity contribution in [3.63, 3.8) is 0 Å². The van der Waals surface area contributed by atoms with Gasteiger partial charge in [0.25, 0.3) is 0 Å². The molecule has 0 spiro atoms. The minimum atomic E-state index is -0.0129. The van der Waals surface area contributed by atoms with Crippen molar-refractivity contribution in [3.8, 4) is 11.5 Å². The average molecular weight is 445 g/mol. The third-order valence-electron chi connectivity index (χ3n) is 6.45. The Bertz CT molecular complexity index is 1290. The second-order valence-electron chi connectivity index (χ2n) is 8.32. The molecule has 7 heteroatoms. The number of rotatable bonds is 6. The zero-order valence-electron chi connectivity index (χ0n) is 19.0. The van der Waals surface area contributed by atoms with Crippen LogP contribution in [0.25, 0.3) is 16.6 Å². The van der Waals surface area contributed by atoms with Crippen LogP contribution in [0, 0.1) is 5.92 Å². The van der Waals surface area contributed by atoms with Crippen LogP contribution in [0.15, 0.2) is 60.8 Å². The molecule has 1 fully saturated rings. The maximum Gasteiger partial charge on any atom is 0.223 e. The Morgan fingerprint density at radius 3 is 2.58 bits per heavy atom. The third kappa shape index (κ3) is 3.95. The summed E-state index contributed by atoms with van der Waals surface area (Å²) in [7, 11) is 3.22. The second-order valence-corrected chi connectivity index (χ2v) is 8.32. The summed E-state index contributed by atoms with van der Waals surface area (Å²) in [6.07, 6.45) is 3.67. The van der Waals surface area contributed by atoms with Gasteiger partial charge < -0.3 is 24.1 Å². The lowest BCUT2D eigenvalue weighted by Crippen LogP contribution is -2.40. The number of carbonyl (C=O) groups is 1. The van der Waals surface area contributed by atoms with Gasteiger partial charge in [-0.2, -0.15) is 0 Å². The van der Waals surface area contributed by atoms with Crippen molar-refractivity contribution in [1.29, 1.82) is 0 Å². The molecule has 0 unspecified atom stereocenters. The van der Waals surface area contributed by atoms with Crippen molar-refractivity contribution in [1.82, 2.24) is 14.7 Å². The molecule has 3 heterocycles. The first-order valence-electron chi connectivity index (χ1n) is 11.3.